The molecular formula is C11H17F3N2O2. The molecule has 2 atom stereocenters. The number of alkyl halides is 3. The van der Waals surface area contributed by atoms with E-state index in [-0.39, 0.29) is 19.0 Å². The molecule has 0 N–H and O–H groups in total. The molecule has 18 heavy (non-hydrogen) atoms. The Kier molecular flexibility index (Phi) is 3.82. The molecule has 2 rings (SSSR count). The van der Waals surface area contributed by atoms with Gasteiger partial charge in [0.2, 0.25) is 0 Å². The lowest BCUT2D eigenvalue weighted by atomic mass is 10.1. The quantitative estimate of drug-likeness (QED) is 0.706. The van der Waals surface area contributed by atoms with E-state index in [1.54, 1.807) is 0 Å². The molecule has 0 aliphatic carbocycles. The highest BCUT2D eigenvalue weighted by Crippen LogP contribution is 2.27. The molecule has 1 amide bonds. The lowest BCUT2D eigenvalue weighted by molar-refractivity contribution is -0.195. The summed E-state index contributed by atoms with van der Waals surface area (Å²) >= 11 is 0. The van der Waals surface area contributed by atoms with Crippen molar-refractivity contribution in [1.29, 1.82) is 0 Å². The lowest BCUT2D eigenvalue weighted by Crippen LogP contribution is -2.59. The van der Waals surface area contributed by atoms with Crippen molar-refractivity contribution in [2.45, 2.75) is 31.2 Å². The molecule has 7 heteroatoms. The summed E-state index contributed by atoms with van der Waals surface area (Å²) in [4.78, 5) is 14.5. The Morgan fingerprint density at radius 3 is 2.61 bits per heavy atom. The first-order chi connectivity index (χ1) is 8.39. The summed E-state index contributed by atoms with van der Waals surface area (Å²) in [6.07, 6.45) is -3.43. The van der Waals surface area contributed by atoms with Gasteiger partial charge in [-0.2, -0.15) is 13.2 Å². The second-order valence-electron chi connectivity index (χ2n) is 4.82. The van der Waals surface area contributed by atoms with Gasteiger partial charge in [0.05, 0.1) is 0 Å². The molecule has 0 bridgehead atoms. The van der Waals surface area contributed by atoms with E-state index in [2.05, 4.69) is 0 Å². The van der Waals surface area contributed by atoms with Gasteiger partial charge in [-0.15, -0.1) is 0 Å². The fraction of sp³-hybridized carbons (Fsp3) is 0.909. The van der Waals surface area contributed by atoms with Crippen molar-refractivity contribution in [2.75, 3.05) is 33.3 Å². The predicted molar refractivity (Wildman–Crippen MR) is 58.0 cm³/mol. The number of carbonyl (C=O) groups is 1. The highest BCUT2D eigenvalue weighted by molar-refractivity contribution is 5.81. The highest BCUT2D eigenvalue weighted by Gasteiger charge is 2.46. The average molecular weight is 266 g/mol. The van der Waals surface area contributed by atoms with Crippen molar-refractivity contribution in [3.05, 3.63) is 0 Å². The maximum atomic E-state index is 12.8. The van der Waals surface area contributed by atoms with E-state index in [4.69, 9.17) is 4.74 Å². The molecule has 104 valence electrons. The third-order valence-corrected chi connectivity index (χ3v) is 3.54. The third kappa shape index (κ3) is 2.77. The SMILES string of the molecule is CN1CCN(C(=O)C2CCCO2)CC1C(F)(F)F. The molecule has 2 heterocycles. The average Bonchev–Trinajstić information content (AvgIpc) is 2.80. The van der Waals surface area contributed by atoms with Gasteiger partial charge in [-0.1, -0.05) is 0 Å². The zero-order chi connectivity index (χ0) is 13.3. The first kappa shape index (κ1) is 13.6. The summed E-state index contributed by atoms with van der Waals surface area (Å²) in [5.74, 6) is -0.296. The normalized spacial score (nSPS) is 30.8. The number of carbonyl (C=O) groups excluding carboxylic acids is 1. The van der Waals surface area contributed by atoms with E-state index in [0.29, 0.717) is 19.6 Å². The van der Waals surface area contributed by atoms with Gasteiger partial charge < -0.3 is 9.64 Å². The van der Waals surface area contributed by atoms with Crippen LogP contribution in [0.5, 0.6) is 0 Å². The molecular weight excluding hydrogens is 249 g/mol. The van der Waals surface area contributed by atoms with Gasteiger partial charge in [0.15, 0.2) is 0 Å². The van der Waals surface area contributed by atoms with Crippen LogP contribution < -0.4 is 0 Å². The second-order valence-corrected chi connectivity index (χ2v) is 4.82. The van der Waals surface area contributed by atoms with Gasteiger partial charge in [0.1, 0.15) is 12.1 Å². The Morgan fingerprint density at radius 2 is 2.06 bits per heavy atom. The number of ether oxygens (including phenoxy) is 1. The van der Waals surface area contributed by atoms with E-state index < -0.39 is 18.3 Å². The molecule has 0 aromatic heterocycles. The Morgan fingerprint density at radius 1 is 1.33 bits per heavy atom. The van der Waals surface area contributed by atoms with Gasteiger partial charge >= 0.3 is 6.18 Å². The maximum Gasteiger partial charge on any atom is 0.405 e. The maximum absolute atomic E-state index is 12.8. The zero-order valence-electron chi connectivity index (χ0n) is 10.2. The summed E-state index contributed by atoms with van der Waals surface area (Å²) in [6, 6.07) is -1.57. The van der Waals surface area contributed by atoms with E-state index in [9.17, 15) is 18.0 Å². The first-order valence-electron chi connectivity index (χ1n) is 6.07. The number of rotatable bonds is 1. The van der Waals surface area contributed by atoms with E-state index in [0.717, 1.165) is 6.42 Å². The molecule has 2 unspecified atom stereocenters. The molecule has 0 spiro atoms. The van der Waals surface area contributed by atoms with Crippen LogP contribution >= 0.6 is 0 Å². The van der Waals surface area contributed by atoms with Gasteiger partial charge in [-0.05, 0) is 19.9 Å². The van der Waals surface area contributed by atoms with E-state index in [1.165, 1.54) is 16.8 Å². The van der Waals surface area contributed by atoms with E-state index >= 15 is 0 Å². The van der Waals surface area contributed by atoms with Crippen LogP contribution in [0.2, 0.25) is 0 Å². The minimum Gasteiger partial charge on any atom is -0.368 e. The van der Waals surface area contributed by atoms with Crippen LogP contribution in [-0.4, -0.2) is 67.3 Å². The van der Waals surface area contributed by atoms with Crippen molar-refractivity contribution in [3.8, 4) is 0 Å². The number of piperazine rings is 1. The second kappa shape index (κ2) is 5.05. The largest absolute Gasteiger partial charge is 0.405 e. The van der Waals surface area contributed by atoms with Crippen LogP contribution in [0.3, 0.4) is 0 Å². The molecule has 0 saturated carbocycles. The third-order valence-electron chi connectivity index (χ3n) is 3.54. The topological polar surface area (TPSA) is 32.8 Å². The summed E-state index contributed by atoms with van der Waals surface area (Å²) in [7, 11) is 1.44. The number of nitrogens with zero attached hydrogens (tertiary/aromatic N) is 2. The van der Waals surface area contributed by atoms with Crippen LogP contribution in [-0.2, 0) is 9.53 Å². The fourth-order valence-electron chi connectivity index (χ4n) is 2.40. The molecule has 0 aromatic carbocycles. The molecule has 2 aliphatic heterocycles. The Bertz CT molecular complexity index is 316. The fourth-order valence-corrected chi connectivity index (χ4v) is 2.40. The summed E-state index contributed by atoms with van der Waals surface area (Å²) in [6.45, 7) is 0.802. The van der Waals surface area contributed by atoms with Gasteiger partial charge in [-0.25, -0.2) is 0 Å². The van der Waals surface area contributed by atoms with Crippen molar-refractivity contribution in [3.63, 3.8) is 0 Å². The van der Waals surface area contributed by atoms with Crippen LogP contribution in [0, 0.1) is 0 Å². The number of likely N-dealkylation sites (N-methyl/N-ethyl adjacent to an activating group) is 1. The molecule has 2 aliphatic rings. The van der Waals surface area contributed by atoms with Crippen molar-refractivity contribution < 1.29 is 22.7 Å². The van der Waals surface area contributed by atoms with Gasteiger partial charge in [0, 0.05) is 26.2 Å². The molecule has 0 aromatic rings. The smallest absolute Gasteiger partial charge is 0.368 e. The Labute approximate surface area is 104 Å². The highest BCUT2D eigenvalue weighted by atomic mass is 19.4. The minimum atomic E-state index is -4.30. The number of hydrogen-bond acceptors (Lipinski definition) is 3. The molecule has 2 fully saturated rings. The van der Waals surface area contributed by atoms with Crippen molar-refractivity contribution in [2.24, 2.45) is 0 Å². The predicted octanol–water partition coefficient (Wildman–Crippen LogP) is 0.870. The zero-order valence-corrected chi connectivity index (χ0v) is 10.2. The summed E-state index contributed by atoms with van der Waals surface area (Å²) in [5, 5.41) is 0. The van der Waals surface area contributed by atoms with Gasteiger partial charge in [0.25, 0.3) is 5.91 Å². The molecule has 4 nitrogen and oxygen atoms in total. The minimum absolute atomic E-state index is 0.239. The number of hydrogen-bond donors (Lipinski definition) is 0. The summed E-state index contributed by atoms with van der Waals surface area (Å²) < 4.78 is 43.6. The van der Waals surface area contributed by atoms with Crippen LogP contribution in [0.15, 0.2) is 0 Å². The van der Waals surface area contributed by atoms with Gasteiger partial charge in [-0.3, -0.25) is 9.69 Å². The number of amides is 1. The molecule has 0 radical (unpaired) electrons. The monoisotopic (exact) mass is 266 g/mol. The van der Waals surface area contributed by atoms with Crippen LogP contribution in [0.4, 0.5) is 13.2 Å². The van der Waals surface area contributed by atoms with Crippen molar-refractivity contribution >= 4 is 5.91 Å². The standard InChI is InChI=1S/C11H17F3N2O2/c1-15-4-5-16(7-9(15)11(12,13)14)10(17)8-3-2-6-18-8/h8-9H,2-7H2,1H3. The number of halogens is 3. The Balaban J connectivity index is 2.00. The first-order valence-corrected chi connectivity index (χ1v) is 6.07. The molecule has 2 saturated heterocycles. The summed E-state index contributed by atoms with van der Waals surface area (Å²) in [5.41, 5.74) is 0. The van der Waals surface area contributed by atoms with Crippen LogP contribution in [0.1, 0.15) is 12.8 Å². The lowest BCUT2D eigenvalue weighted by Gasteiger charge is -2.40. The van der Waals surface area contributed by atoms with Crippen LogP contribution in [0.25, 0.3) is 0 Å². The Hall–Kier alpha value is -0.820. The van der Waals surface area contributed by atoms with Crippen molar-refractivity contribution in [1.82, 2.24) is 9.80 Å². The van der Waals surface area contributed by atoms with E-state index in [1.807, 2.05) is 0 Å².